The van der Waals surface area contributed by atoms with Crippen LogP contribution in [0.25, 0.3) is 0 Å². The summed E-state index contributed by atoms with van der Waals surface area (Å²) in [5.41, 5.74) is 0. The fraction of sp³-hybridized carbons (Fsp3) is 0.600. The van der Waals surface area contributed by atoms with Gasteiger partial charge in [-0.3, -0.25) is 0 Å². The number of hydrogen-bond donors (Lipinski definition) is 1. The van der Waals surface area contributed by atoms with Gasteiger partial charge in [-0.2, -0.15) is 0 Å². The fourth-order valence-corrected chi connectivity index (χ4v) is 1.90. The predicted octanol–water partition coefficient (Wildman–Crippen LogP) is 1.45. The molecule has 0 aromatic carbocycles. The van der Waals surface area contributed by atoms with E-state index in [0.717, 1.165) is 17.4 Å². The summed E-state index contributed by atoms with van der Waals surface area (Å²) in [5, 5.41) is 9.76. The van der Waals surface area contributed by atoms with Gasteiger partial charge < -0.3 is 10.0 Å². The Labute approximate surface area is 97.5 Å². The van der Waals surface area contributed by atoms with Gasteiger partial charge in [-0.25, -0.2) is 9.97 Å². The molecule has 1 aromatic heterocycles. The van der Waals surface area contributed by atoms with Gasteiger partial charge in [-0.1, -0.05) is 6.92 Å². The third-order valence-corrected chi connectivity index (χ3v) is 3.22. The highest BCUT2D eigenvalue weighted by Crippen LogP contribution is 2.20. The Balaban J connectivity index is 2.08. The Morgan fingerprint density at radius 2 is 2.13 bits per heavy atom. The van der Waals surface area contributed by atoms with Gasteiger partial charge in [-0.05, 0) is 28.3 Å². The first-order valence-corrected chi connectivity index (χ1v) is 5.86. The Morgan fingerprint density at radius 3 is 2.73 bits per heavy atom. The largest absolute Gasteiger partial charge is 0.391 e. The summed E-state index contributed by atoms with van der Waals surface area (Å²) in [6.07, 6.45) is 4.17. The topological polar surface area (TPSA) is 49.2 Å². The molecule has 4 nitrogen and oxygen atoms in total. The number of aliphatic hydroxyl groups is 1. The summed E-state index contributed by atoms with van der Waals surface area (Å²) in [4.78, 5) is 10.5. The molecule has 1 aliphatic heterocycles. The summed E-state index contributed by atoms with van der Waals surface area (Å²) in [6.45, 7) is 3.62. The third-order valence-electron chi connectivity index (χ3n) is 2.81. The van der Waals surface area contributed by atoms with Gasteiger partial charge in [0, 0.05) is 25.5 Å². The van der Waals surface area contributed by atoms with Crippen molar-refractivity contribution in [1.82, 2.24) is 9.97 Å². The van der Waals surface area contributed by atoms with E-state index in [1.807, 2.05) is 4.90 Å². The SMILES string of the molecule is CC1CCN(c2ncc(Br)cn2)CC1O. The molecule has 15 heavy (non-hydrogen) atoms. The van der Waals surface area contributed by atoms with Gasteiger partial charge in [0.25, 0.3) is 0 Å². The molecule has 0 saturated carbocycles. The Kier molecular flexibility index (Phi) is 3.21. The van der Waals surface area contributed by atoms with Crippen molar-refractivity contribution >= 4 is 21.9 Å². The first-order valence-electron chi connectivity index (χ1n) is 5.07. The first-order chi connectivity index (χ1) is 7.16. The summed E-state index contributed by atoms with van der Waals surface area (Å²) in [6, 6.07) is 0. The molecule has 2 rings (SSSR count). The van der Waals surface area contributed by atoms with Crippen molar-refractivity contribution in [3.8, 4) is 0 Å². The van der Waals surface area contributed by atoms with Gasteiger partial charge in [0.15, 0.2) is 0 Å². The van der Waals surface area contributed by atoms with E-state index in [1.165, 1.54) is 0 Å². The van der Waals surface area contributed by atoms with Crippen LogP contribution < -0.4 is 4.90 Å². The number of hydrogen-bond acceptors (Lipinski definition) is 4. The van der Waals surface area contributed by atoms with Gasteiger partial charge in [0.05, 0.1) is 10.6 Å². The second-order valence-electron chi connectivity index (χ2n) is 3.98. The van der Waals surface area contributed by atoms with Crippen LogP contribution in [0.15, 0.2) is 16.9 Å². The van der Waals surface area contributed by atoms with E-state index in [0.29, 0.717) is 18.4 Å². The van der Waals surface area contributed by atoms with E-state index in [9.17, 15) is 5.11 Å². The molecular weight excluding hydrogens is 258 g/mol. The highest BCUT2D eigenvalue weighted by Gasteiger charge is 2.25. The maximum absolute atomic E-state index is 9.76. The fourth-order valence-electron chi connectivity index (χ4n) is 1.70. The number of halogens is 1. The van der Waals surface area contributed by atoms with Crippen molar-refractivity contribution < 1.29 is 5.11 Å². The van der Waals surface area contributed by atoms with E-state index < -0.39 is 0 Å². The molecule has 2 heterocycles. The van der Waals surface area contributed by atoms with E-state index in [2.05, 4.69) is 32.8 Å². The zero-order valence-corrected chi connectivity index (χ0v) is 10.2. The zero-order chi connectivity index (χ0) is 10.8. The molecule has 5 heteroatoms. The smallest absolute Gasteiger partial charge is 0.225 e. The lowest BCUT2D eigenvalue weighted by Crippen LogP contribution is -2.43. The molecule has 2 atom stereocenters. The van der Waals surface area contributed by atoms with Crippen LogP contribution in [0, 0.1) is 5.92 Å². The number of rotatable bonds is 1. The average molecular weight is 272 g/mol. The van der Waals surface area contributed by atoms with Crippen LogP contribution in [-0.4, -0.2) is 34.3 Å². The number of aliphatic hydroxyl groups excluding tert-OH is 1. The van der Waals surface area contributed by atoms with Gasteiger partial charge in [-0.15, -0.1) is 0 Å². The minimum Gasteiger partial charge on any atom is -0.391 e. The van der Waals surface area contributed by atoms with Crippen LogP contribution in [0.1, 0.15) is 13.3 Å². The number of anilines is 1. The van der Waals surface area contributed by atoms with Crippen molar-refractivity contribution in [3.05, 3.63) is 16.9 Å². The molecule has 82 valence electrons. The van der Waals surface area contributed by atoms with Gasteiger partial charge in [0.2, 0.25) is 5.95 Å². The molecule has 0 bridgehead atoms. The van der Waals surface area contributed by atoms with Crippen LogP contribution in [-0.2, 0) is 0 Å². The minimum absolute atomic E-state index is 0.272. The number of aromatic nitrogens is 2. The van der Waals surface area contributed by atoms with Gasteiger partial charge >= 0.3 is 0 Å². The van der Waals surface area contributed by atoms with Gasteiger partial charge in [0.1, 0.15) is 0 Å². The van der Waals surface area contributed by atoms with Crippen LogP contribution in [0.4, 0.5) is 5.95 Å². The quantitative estimate of drug-likeness (QED) is 0.840. The third kappa shape index (κ3) is 2.46. The monoisotopic (exact) mass is 271 g/mol. The standard InChI is InChI=1S/C10H14BrN3O/c1-7-2-3-14(6-9(7)15)10-12-4-8(11)5-13-10/h4-5,7,9,15H,2-3,6H2,1H3. The highest BCUT2D eigenvalue weighted by molar-refractivity contribution is 9.10. The molecule has 0 spiro atoms. The molecule has 0 amide bonds. The molecule has 0 radical (unpaired) electrons. The van der Waals surface area contributed by atoms with E-state index in [-0.39, 0.29) is 6.10 Å². The Morgan fingerprint density at radius 1 is 1.47 bits per heavy atom. The lowest BCUT2D eigenvalue weighted by molar-refractivity contribution is 0.102. The zero-order valence-electron chi connectivity index (χ0n) is 8.60. The van der Waals surface area contributed by atoms with E-state index in [1.54, 1.807) is 12.4 Å². The maximum Gasteiger partial charge on any atom is 0.225 e. The molecule has 1 aromatic rings. The summed E-state index contributed by atoms with van der Waals surface area (Å²) in [7, 11) is 0. The lowest BCUT2D eigenvalue weighted by Gasteiger charge is -2.34. The molecular formula is C10H14BrN3O. The molecule has 1 saturated heterocycles. The summed E-state index contributed by atoms with van der Waals surface area (Å²) >= 11 is 3.30. The Hall–Kier alpha value is -0.680. The van der Waals surface area contributed by atoms with Crippen molar-refractivity contribution in [2.45, 2.75) is 19.4 Å². The summed E-state index contributed by atoms with van der Waals surface area (Å²) < 4.78 is 0.872. The number of piperidine rings is 1. The van der Waals surface area contributed by atoms with Crippen molar-refractivity contribution in [2.24, 2.45) is 5.92 Å². The van der Waals surface area contributed by atoms with Crippen LogP contribution in [0.2, 0.25) is 0 Å². The second kappa shape index (κ2) is 4.45. The average Bonchev–Trinajstić information content (AvgIpc) is 2.23. The first kappa shape index (κ1) is 10.8. The van der Waals surface area contributed by atoms with Crippen LogP contribution in [0.3, 0.4) is 0 Å². The predicted molar refractivity (Wildman–Crippen MR) is 61.7 cm³/mol. The molecule has 1 aliphatic rings. The normalized spacial score (nSPS) is 26.7. The van der Waals surface area contributed by atoms with E-state index >= 15 is 0 Å². The van der Waals surface area contributed by atoms with Crippen molar-refractivity contribution in [1.29, 1.82) is 0 Å². The summed E-state index contributed by atoms with van der Waals surface area (Å²) in [5.74, 6) is 1.07. The number of β-amino-alcohol motifs (C(OH)–C–C–N with tert-alkyl or cyclic N) is 1. The van der Waals surface area contributed by atoms with Crippen LogP contribution in [0.5, 0.6) is 0 Å². The van der Waals surface area contributed by atoms with Crippen LogP contribution >= 0.6 is 15.9 Å². The minimum atomic E-state index is -0.272. The Bertz CT molecular complexity index is 330. The molecule has 1 fully saturated rings. The molecule has 1 N–H and O–H groups in total. The second-order valence-corrected chi connectivity index (χ2v) is 4.90. The molecule has 2 unspecified atom stereocenters. The van der Waals surface area contributed by atoms with Crippen molar-refractivity contribution in [3.63, 3.8) is 0 Å². The maximum atomic E-state index is 9.76. The lowest BCUT2D eigenvalue weighted by atomic mass is 9.96. The van der Waals surface area contributed by atoms with E-state index in [4.69, 9.17) is 0 Å². The molecule has 0 aliphatic carbocycles. The number of nitrogens with zero attached hydrogens (tertiary/aromatic N) is 3. The highest BCUT2D eigenvalue weighted by atomic mass is 79.9. The van der Waals surface area contributed by atoms with Crippen molar-refractivity contribution in [2.75, 3.05) is 18.0 Å².